The number of para-hydroxylation sites is 1. The van der Waals surface area contributed by atoms with E-state index in [1.54, 1.807) is 24.3 Å². The van der Waals surface area contributed by atoms with Gasteiger partial charge < -0.3 is 15.4 Å². The molecule has 0 heterocycles. The Morgan fingerprint density at radius 2 is 2.06 bits per heavy atom. The number of carbonyl (C=O) groups excluding carboxylic acids is 3. The largest absolute Gasteiger partial charge is 0.453 e. The molecule has 6 nitrogen and oxygen atoms in total. The van der Waals surface area contributed by atoms with Crippen molar-refractivity contribution in [1.82, 2.24) is 5.32 Å². The molecule has 0 bridgehead atoms. The monoisotopic (exact) mass is 250 g/mol. The molecule has 2 N–H and O–H groups in total. The van der Waals surface area contributed by atoms with Crippen molar-refractivity contribution in [3.63, 3.8) is 0 Å². The van der Waals surface area contributed by atoms with Crippen molar-refractivity contribution >= 4 is 24.0 Å². The van der Waals surface area contributed by atoms with Crippen LogP contribution in [-0.4, -0.2) is 31.9 Å². The number of Topliss-reactive ketones (excluding diaryl/α,β-unsaturated/α-hetero) is 1. The highest BCUT2D eigenvalue weighted by Gasteiger charge is 2.10. The van der Waals surface area contributed by atoms with Crippen molar-refractivity contribution in [2.75, 3.05) is 19.0 Å². The second-order valence-electron chi connectivity index (χ2n) is 3.40. The first-order valence-electron chi connectivity index (χ1n) is 5.33. The maximum atomic E-state index is 11.9. The van der Waals surface area contributed by atoms with Crippen LogP contribution in [0.4, 0.5) is 10.5 Å². The third-order valence-electron chi connectivity index (χ3n) is 2.25. The number of anilines is 1. The van der Waals surface area contributed by atoms with Crippen molar-refractivity contribution < 1.29 is 19.1 Å². The van der Waals surface area contributed by atoms with Crippen LogP contribution in [-0.2, 0) is 9.53 Å². The number of amides is 2. The van der Waals surface area contributed by atoms with E-state index < -0.39 is 6.09 Å². The molecule has 0 atom stereocenters. The Labute approximate surface area is 104 Å². The number of hydrogen-bond acceptors (Lipinski definition) is 4. The fourth-order valence-electron chi connectivity index (χ4n) is 1.40. The minimum absolute atomic E-state index is 0.132. The highest BCUT2D eigenvalue weighted by Crippen LogP contribution is 2.15. The second-order valence-corrected chi connectivity index (χ2v) is 3.40. The summed E-state index contributed by atoms with van der Waals surface area (Å²) in [6.45, 7) is 0.181. The lowest BCUT2D eigenvalue weighted by molar-refractivity contribution is -0.105. The van der Waals surface area contributed by atoms with Gasteiger partial charge in [0.15, 0.2) is 5.78 Å². The zero-order valence-corrected chi connectivity index (χ0v) is 9.93. The SMILES string of the molecule is COC(=O)NCCC(=O)c1ccccc1NC=O. The topological polar surface area (TPSA) is 84.5 Å². The number of methoxy groups -OCH3 is 1. The lowest BCUT2D eigenvalue weighted by atomic mass is 10.1. The molecule has 0 aliphatic carbocycles. The van der Waals surface area contributed by atoms with E-state index in [0.29, 0.717) is 17.7 Å². The number of benzene rings is 1. The summed E-state index contributed by atoms with van der Waals surface area (Å²) in [5.41, 5.74) is 0.867. The van der Waals surface area contributed by atoms with Crippen LogP contribution >= 0.6 is 0 Å². The standard InChI is InChI=1S/C12H14N2O4/c1-18-12(17)13-7-6-11(16)9-4-2-3-5-10(9)14-8-15/h2-5,8H,6-7H2,1H3,(H,13,17)(H,14,15). The van der Waals surface area contributed by atoms with Gasteiger partial charge in [0.1, 0.15) is 0 Å². The van der Waals surface area contributed by atoms with E-state index >= 15 is 0 Å². The molecule has 2 amide bonds. The van der Waals surface area contributed by atoms with Crippen LogP contribution in [0.2, 0.25) is 0 Å². The number of ketones is 1. The number of alkyl carbamates (subject to hydrolysis) is 1. The molecule has 0 radical (unpaired) electrons. The first-order chi connectivity index (χ1) is 8.69. The van der Waals surface area contributed by atoms with Crippen LogP contribution in [0.3, 0.4) is 0 Å². The average molecular weight is 250 g/mol. The number of hydrogen-bond donors (Lipinski definition) is 2. The third-order valence-corrected chi connectivity index (χ3v) is 2.25. The zero-order valence-electron chi connectivity index (χ0n) is 9.93. The Morgan fingerprint density at radius 1 is 1.33 bits per heavy atom. The van der Waals surface area contributed by atoms with Crippen molar-refractivity contribution in [3.8, 4) is 0 Å². The van der Waals surface area contributed by atoms with Crippen molar-refractivity contribution in [3.05, 3.63) is 29.8 Å². The second kappa shape index (κ2) is 7.05. The Bertz CT molecular complexity index is 445. The molecule has 0 aliphatic heterocycles. The number of nitrogens with one attached hydrogen (secondary N) is 2. The first kappa shape index (κ1) is 13.7. The van der Waals surface area contributed by atoms with E-state index in [-0.39, 0.29) is 18.7 Å². The van der Waals surface area contributed by atoms with Crippen LogP contribution in [0, 0.1) is 0 Å². The summed E-state index contributed by atoms with van der Waals surface area (Å²) < 4.78 is 4.38. The Hall–Kier alpha value is -2.37. The number of carbonyl (C=O) groups is 3. The van der Waals surface area contributed by atoms with Gasteiger partial charge in [0.05, 0.1) is 12.8 Å². The molecule has 0 unspecified atom stereocenters. The first-order valence-corrected chi connectivity index (χ1v) is 5.33. The van der Waals surface area contributed by atoms with Gasteiger partial charge in [-0.25, -0.2) is 4.79 Å². The highest BCUT2D eigenvalue weighted by molar-refractivity contribution is 6.02. The molecule has 1 aromatic rings. The summed E-state index contributed by atoms with van der Waals surface area (Å²) in [5.74, 6) is -0.170. The van der Waals surface area contributed by atoms with E-state index in [1.807, 2.05) is 0 Å². The van der Waals surface area contributed by atoms with Gasteiger partial charge in [-0.15, -0.1) is 0 Å². The lowest BCUT2D eigenvalue weighted by Gasteiger charge is -2.07. The van der Waals surface area contributed by atoms with Crippen molar-refractivity contribution in [2.24, 2.45) is 0 Å². The van der Waals surface area contributed by atoms with Gasteiger partial charge in [-0.3, -0.25) is 9.59 Å². The van der Waals surface area contributed by atoms with E-state index in [9.17, 15) is 14.4 Å². The Morgan fingerprint density at radius 3 is 2.72 bits per heavy atom. The van der Waals surface area contributed by atoms with Gasteiger partial charge in [0.2, 0.25) is 6.41 Å². The van der Waals surface area contributed by atoms with E-state index in [2.05, 4.69) is 15.4 Å². The van der Waals surface area contributed by atoms with E-state index in [1.165, 1.54) is 7.11 Å². The molecule has 0 saturated heterocycles. The summed E-state index contributed by atoms with van der Waals surface area (Å²) >= 11 is 0. The van der Waals surface area contributed by atoms with Crippen LogP contribution in [0.25, 0.3) is 0 Å². The van der Waals surface area contributed by atoms with Gasteiger partial charge in [-0.1, -0.05) is 12.1 Å². The smallest absolute Gasteiger partial charge is 0.406 e. The van der Waals surface area contributed by atoms with Crippen molar-refractivity contribution in [2.45, 2.75) is 6.42 Å². The minimum atomic E-state index is -0.581. The molecular weight excluding hydrogens is 236 g/mol. The minimum Gasteiger partial charge on any atom is -0.453 e. The summed E-state index contributed by atoms with van der Waals surface area (Å²) in [7, 11) is 1.25. The lowest BCUT2D eigenvalue weighted by Crippen LogP contribution is -2.25. The normalized spacial score (nSPS) is 9.39. The average Bonchev–Trinajstić information content (AvgIpc) is 2.39. The summed E-state index contributed by atoms with van der Waals surface area (Å²) in [4.78, 5) is 33.1. The molecule has 0 spiro atoms. The zero-order chi connectivity index (χ0) is 13.4. The number of ether oxygens (including phenoxy) is 1. The highest BCUT2D eigenvalue weighted by atomic mass is 16.5. The summed E-state index contributed by atoms with van der Waals surface area (Å²) in [6.07, 6.45) is 0.0629. The van der Waals surface area contributed by atoms with Gasteiger partial charge in [0.25, 0.3) is 0 Å². The van der Waals surface area contributed by atoms with Gasteiger partial charge >= 0.3 is 6.09 Å². The molecule has 0 aliphatic rings. The third kappa shape index (κ3) is 3.89. The van der Waals surface area contributed by atoms with Gasteiger partial charge in [0, 0.05) is 18.5 Å². The van der Waals surface area contributed by atoms with Crippen LogP contribution < -0.4 is 10.6 Å². The molecule has 18 heavy (non-hydrogen) atoms. The van der Waals surface area contributed by atoms with Crippen molar-refractivity contribution in [1.29, 1.82) is 0 Å². The van der Waals surface area contributed by atoms with Crippen LogP contribution in [0.5, 0.6) is 0 Å². The van der Waals surface area contributed by atoms with E-state index in [0.717, 1.165) is 0 Å². The fourth-order valence-corrected chi connectivity index (χ4v) is 1.40. The molecular formula is C12H14N2O4. The predicted molar refractivity (Wildman–Crippen MR) is 65.5 cm³/mol. The van der Waals surface area contributed by atoms with E-state index in [4.69, 9.17) is 0 Å². The molecule has 0 aromatic heterocycles. The van der Waals surface area contributed by atoms with Crippen LogP contribution in [0.1, 0.15) is 16.8 Å². The molecule has 0 saturated carbocycles. The Kier molecular flexibility index (Phi) is 5.37. The fraction of sp³-hybridized carbons (Fsp3) is 0.250. The maximum Gasteiger partial charge on any atom is 0.406 e. The number of rotatable bonds is 6. The molecule has 6 heteroatoms. The molecule has 96 valence electrons. The summed E-state index contributed by atoms with van der Waals surface area (Å²) in [5, 5.41) is 4.87. The molecule has 0 fully saturated rings. The summed E-state index contributed by atoms with van der Waals surface area (Å²) in [6, 6.07) is 6.67. The molecule has 1 rings (SSSR count). The Balaban J connectivity index is 2.61. The van der Waals surface area contributed by atoms with Crippen LogP contribution in [0.15, 0.2) is 24.3 Å². The van der Waals surface area contributed by atoms with Gasteiger partial charge in [-0.2, -0.15) is 0 Å². The predicted octanol–water partition coefficient (Wildman–Crippen LogP) is 1.18. The quantitative estimate of drug-likeness (QED) is 0.586. The molecule has 1 aromatic carbocycles. The maximum absolute atomic E-state index is 11.9. The van der Waals surface area contributed by atoms with Gasteiger partial charge in [-0.05, 0) is 12.1 Å².